The molecule has 2 aromatic rings. The molecule has 2 heterocycles. The van der Waals surface area contributed by atoms with Crippen LogP contribution in [0.3, 0.4) is 0 Å². The van der Waals surface area contributed by atoms with E-state index in [0.717, 1.165) is 42.1 Å². The first kappa shape index (κ1) is 20.3. The number of hydrogen-bond acceptors (Lipinski definition) is 8. The van der Waals surface area contributed by atoms with E-state index in [-0.39, 0.29) is 24.4 Å². The fraction of sp³-hybridized carbons (Fsp3) is 0.667. The second kappa shape index (κ2) is 8.77. The first-order valence-corrected chi connectivity index (χ1v) is 10.5. The predicted molar refractivity (Wildman–Crippen MR) is 109 cm³/mol. The average Bonchev–Trinajstić information content (AvgIpc) is 2.68. The van der Waals surface area contributed by atoms with E-state index in [9.17, 15) is 10.2 Å². The summed E-state index contributed by atoms with van der Waals surface area (Å²) in [5, 5.41) is 23.5. The summed E-state index contributed by atoms with van der Waals surface area (Å²) in [7, 11) is 1.67. The van der Waals surface area contributed by atoms with Gasteiger partial charge in [-0.25, -0.2) is 15.0 Å². The molecule has 2 aromatic heterocycles. The molecule has 2 aliphatic carbocycles. The highest BCUT2D eigenvalue weighted by Gasteiger charge is 2.31. The van der Waals surface area contributed by atoms with Crippen LogP contribution in [-0.4, -0.2) is 63.2 Å². The van der Waals surface area contributed by atoms with Gasteiger partial charge in [0.2, 0.25) is 11.8 Å². The van der Waals surface area contributed by atoms with Crippen molar-refractivity contribution in [2.75, 3.05) is 19.0 Å². The Hall–Kier alpha value is -2.03. The number of fused-ring (bicyclic) bond motifs is 1. The van der Waals surface area contributed by atoms with Crippen LogP contribution in [0.1, 0.15) is 56.9 Å². The number of pyridine rings is 1. The van der Waals surface area contributed by atoms with Crippen molar-refractivity contribution in [1.29, 1.82) is 0 Å². The Labute approximate surface area is 170 Å². The number of nitrogens with one attached hydrogen (secondary N) is 1. The standard InChI is InChI=1S/C21H30N4O4/c1-12(11-28-2)24-21-23-10-18-19(25-21)17(13-3-5-14(26)6-4-13)9-22-20(18)29-16-7-15(27)8-16/h9-10,12-16,26-27H,3-8,11H2,1-2H3,(H,23,24,25)/t12-,13-,14-,15-,16+/m0/s1. The lowest BCUT2D eigenvalue weighted by Gasteiger charge is -2.31. The molecule has 1 atom stereocenters. The summed E-state index contributed by atoms with van der Waals surface area (Å²) in [5.74, 6) is 1.38. The van der Waals surface area contributed by atoms with Crippen molar-refractivity contribution in [2.24, 2.45) is 0 Å². The van der Waals surface area contributed by atoms with E-state index in [1.165, 1.54) is 0 Å². The molecule has 0 unspecified atom stereocenters. The number of ether oxygens (including phenoxy) is 2. The van der Waals surface area contributed by atoms with Gasteiger partial charge >= 0.3 is 0 Å². The normalized spacial score (nSPS) is 28.0. The van der Waals surface area contributed by atoms with Gasteiger partial charge in [-0.05, 0) is 38.5 Å². The molecule has 0 amide bonds. The molecule has 0 aliphatic heterocycles. The van der Waals surface area contributed by atoms with Gasteiger partial charge in [-0.2, -0.15) is 0 Å². The van der Waals surface area contributed by atoms with E-state index in [4.69, 9.17) is 14.5 Å². The molecule has 0 spiro atoms. The van der Waals surface area contributed by atoms with E-state index in [0.29, 0.717) is 37.2 Å². The topological polar surface area (TPSA) is 110 Å². The number of nitrogens with zero attached hydrogens (tertiary/aromatic N) is 3. The summed E-state index contributed by atoms with van der Waals surface area (Å²) in [6.07, 6.45) is 7.80. The molecular weight excluding hydrogens is 372 g/mol. The Morgan fingerprint density at radius 2 is 1.86 bits per heavy atom. The van der Waals surface area contributed by atoms with Gasteiger partial charge in [-0.3, -0.25) is 0 Å². The maximum absolute atomic E-state index is 9.88. The Morgan fingerprint density at radius 1 is 1.10 bits per heavy atom. The molecule has 2 saturated carbocycles. The number of methoxy groups -OCH3 is 1. The summed E-state index contributed by atoms with van der Waals surface area (Å²) in [5.41, 5.74) is 1.93. The van der Waals surface area contributed by atoms with Crippen molar-refractivity contribution in [1.82, 2.24) is 15.0 Å². The van der Waals surface area contributed by atoms with Crippen molar-refractivity contribution in [3.8, 4) is 5.88 Å². The Kier molecular flexibility index (Phi) is 6.12. The highest BCUT2D eigenvalue weighted by atomic mass is 16.5. The summed E-state index contributed by atoms with van der Waals surface area (Å²) in [4.78, 5) is 13.9. The van der Waals surface area contributed by atoms with Crippen molar-refractivity contribution in [2.45, 2.75) is 75.7 Å². The van der Waals surface area contributed by atoms with Crippen LogP contribution in [0.25, 0.3) is 10.9 Å². The summed E-state index contributed by atoms with van der Waals surface area (Å²) < 4.78 is 11.2. The highest BCUT2D eigenvalue weighted by Crippen LogP contribution is 2.38. The average molecular weight is 402 g/mol. The van der Waals surface area contributed by atoms with Gasteiger partial charge in [0.25, 0.3) is 0 Å². The number of aliphatic hydroxyl groups is 2. The fourth-order valence-corrected chi connectivity index (χ4v) is 4.17. The molecular formula is C21H30N4O4. The lowest BCUT2D eigenvalue weighted by molar-refractivity contribution is -0.0120. The van der Waals surface area contributed by atoms with Crippen LogP contribution in [0.4, 0.5) is 5.95 Å². The van der Waals surface area contributed by atoms with Gasteiger partial charge in [0.05, 0.1) is 29.7 Å². The fourth-order valence-electron chi connectivity index (χ4n) is 4.17. The predicted octanol–water partition coefficient (Wildman–Crippen LogP) is 2.39. The molecule has 158 valence electrons. The first-order valence-electron chi connectivity index (χ1n) is 10.5. The van der Waals surface area contributed by atoms with Crippen LogP contribution < -0.4 is 10.1 Å². The van der Waals surface area contributed by atoms with Crippen molar-refractivity contribution >= 4 is 16.9 Å². The quantitative estimate of drug-likeness (QED) is 0.648. The van der Waals surface area contributed by atoms with Crippen LogP contribution in [-0.2, 0) is 4.74 Å². The maximum Gasteiger partial charge on any atom is 0.224 e. The van der Waals surface area contributed by atoms with E-state index in [2.05, 4.69) is 15.3 Å². The second-order valence-corrected chi connectivity index (χ2v) is 8.35. The van der Waals surface area contributed by atoms with Gasteiger partial charge < -0.3 is 25.0 Å². The third-order valence-corrected chi connectivity index (χ3v) is 5.89. The van der Waals surface area contributed by atoms with Gasteiger partial charge in [0.1, 0.15) is 6.10 Å². The number of hydrogen-bond donors (Lipinski definition) is 3. The van der Waals surface area contributed by atoms with E-state index >= 15 is 0 Å². The van der Waals surface area contributed by atoms with Gasteiger partial charge in [-0.15, -0.1) is 0 Å². The van der Waals surface area contributed by atoms with Crippen LogP contribution in [0.15, 0.2) is 12.4 Å². The molecule has 2 fully saturated rings. The summed E-state index contributed by atoms with van der Waals surface area (Å²) in [6, 6.07) is 0.0831. The Morgan fingerprint density at radius 3 is 2.55 bits per heavy atom. The van der Waals surface area contributed by atoms with Crippen molar-refractivity contribution in [3.63, 3.8) is 0 Å². The molecule has 0 aromatic carbocycles. The lowest BCUT2D eigenvalue weighted by atomic mass is 9.83. The highest BCUT2D eigenvalue weighted by molar-refractivity contribution is 5.86. The Balaban J connectivity index is 1.66. The minimum absolute atomic E-state index is 0.0177. The lowest BCUT2D eigenvalue weighted by Crippen LogP contribution is -2.37. The molecule has 8 nitrogen and oxygen atoms in total. The number of anilines is 1. The van der Waals surface area contributed by atoms with Crippen LogP contribution >= 0.6 is 0 Å². The zero-order valence-electron chi connectivity index (χ0n) is 17.0. The van der Waals surface area contributed by atoms with E-state index in [1.54, 1.807) is 13.3 Å². The summed E-state index contributed by atoms with van der Waals surface area (Å²) >= 11 is 0. The zero-order chi connectivity index (χ0) is 20.4. The smallest absolute Gasteiger partial charge is 0.224 e. The Bertz CT molecular complexity index is 835. The molecule has 2 aliphatic rings. The second-order valence-electron chi connectivity index (χ2n) is 8.35. The number of rotatable bonds is 7. The molecule has 8 heteroatoms. The van der Waals surface area contributed by atoms with Crippen LogP contribution in [0.2, 0.25) is 0 Å². The van der Waals surface area contributed by atoms with Gasteiger partial charge in [0.15, 0.2) is 0 Å². The SMILES string of the molecule is COC[C@H](C)Nc1ncc2c(O[C@H]3C[C@@H](O)C3)ncc([C@H]3CC[C@H](O)CC3)c2n1. The van der Waals surface area contributed by atoms with E-state index in [1.807, 2.05) is 13.1 Å². The molecule has 0 bridgehead atoms. The van der Waals surface area contributed by atoms with Gasteiger partial charge in [0, 0.05) is 44.0 Å². The molecule has 0 saturated heterocycles. The molecule has 3 N–H and O–H groups in total. The molecule has 0 radical (unpaired) electrons. The van der Waals surface area contributed by atoms with E-state index < -0.39 is 0 Å². The third kappa shape index (κ3) is 4.60. The zero-order valence-corrected chi connectivity index (χ0v) is 17.0. The maximum atomic E-state index is 9.88. The van der Waals surface area contributed by atoms with Crippen LogP contribution in [0, 0.1) is 0 Å². The minimum atomic E-state index is -0.284. The summed E-state index contributed by atoms with van der Waals surface area (Å²) in [6.45, 7) is 2.58. The first-order chi connectivity index (χ1) is 14.0. The third-order valence-electron chi connectivity index (χ3n) is 5.89. The van der Waals surface area contributed by atoms with Crippen molar-refractivity contribution in [3.05, 3.63) is 18.0 Å². The number of aromatic nitrogens is 3. The van der Waals surface area contributed by atoms with Gasteiger partial charge in [-0.1, -0.05) is 0 Å². The molecule has 29 heavy (non-hydrogen) atoms. The minimum Gasteiger partial charge on any atom is -0.474 e. The number of aliphatic hydroxyl groups excluding tert-OH is 2. The largest absolute Gasteiger partial charge is 0.474 e. The van der Waals surface area contributed by atoms with Crippen LogP contribution in [0.5, 0.6) is 5.88 Å². The van der Waals surface area contributed by atoms with Crippen molar-refractivity contribution < 1.29 is 19.7 Å². The molecule has 4 rings (SSSR count). The monoisotopic (exact) mass is 402 g/mol.